The Morgan fingerprint density at radius 3 is 1.78 bits per heavy atom. The summed E-state index contributed by atoms with van der Waals surface area (Å²) in [5, 5.41) is 0. The molecule has 0 saturated carbocycles. The summed E-state index contributed by atoms with van der Waals surface area (Å²) in [7, 11) is -7.23. The molecule has 2 aromatic carbocycles. The maximum Gasteiger partial charge on any atom is 0.243 e. The van der Waals surface area contributed by atoms with E-state index in [1.807, 2.05) is 12.1 Å². The van der Waals surface area contributed by atoms with Gasteiger partial charge in [0.05, 0.1) is 9.79 Å². The molecule has 2 aromatic rings. The van der Waals surface area contributed by atoms with Crippen LogP contribution in [0.1, 0.15) is 30.4 Å². The minimum Gasteiger partial charge on any atom is -0.298 e. The molecular weight excluding hydrogens is 446 g/mol. The minimum atomic E-state index is -3.67. The highest BCUT2D eigenvalue weighted by molar-refractivity contribution is 7.89. The van der Waals surface area contributed by atoms with Crippen LogP contribution in [0.3, 0.4) is 0 Å². The molecule has 4 rings (SSSR count). The zero-order chi connectivity index (χ0) is 22.8. The van der Waals surface area contributed by atoms with Crippen LogP contribution in [0.2, 0.25) is 0 Å². The lowest BCUT2D eigenvalue weighted by Gasteiger charge is -2.22. The number of sulfonamides is 2. The molecule has 174 valence electrons. The molecule has 2 heterocycles. The normalized spacial score (nSPS) is 19.8. The van der Waals surface area contributed by atoms with Crippen molar-refractivity contribution in [2.75, 3.05) is 39.3 Å². The van der Waals surface area contributed by atoms with Crippen LogP contribution in [0.5, 0.6) is 0 Å². The summed E-state index contributed by atoms with van der Waals surface area (Å²) in [4.78, 5) is 2.59. The Labute approximate surface area is 191 Å². The fraction of sp³-hybridized carbons (Fsp3) is 0.478. The molecule has 2 saturated heterocycles. The van der Waals surface area contributed by atoms with Gasteiger partial charge in [-0.25, -0.2) is 16.8 Å². The van der Waals surface area contributed by atoms with Crippen LogP contribution in [-0.4, -0.2) is 69.6 Å². The van der Waals surface area contributed by atoms with E-state index in [2.05, 4.69) is 24.0 Å². The summed E-state index contributed by atoms with van der Waals surface area (Å²) in [6.45, 7) is 6.33. The van der Waals surface area contributed by atoms with Crippen LogP contribution >= 0.6 is 0 Å². The molecule has 0 aliphatic carbocycles. The molecule has 2 fully saturated rings. The van der Waals surface area contributed by atoms with Gasteiger partial charge in [0, 0.05) is 39.3 Å². The maximum atomic E-state index is 13.2. The number of aryl methyl sites for hydroxylation is 1. The summed E-state index contributed by atoms with van der Waals surface area (Å²) < 4.78 is 54.9. The lowest BCUT2D eigenvalue weighted by atomic mass is 10.1. The van der Waals surface area contributed by atoms with Crippen molar-refractivity contribution >= 4 is 20.0 Å². The van der Waals surface area contributed by atoms with Crippen molar-refractivity contribution in [2.24, 2.45) is 0 Å². The van der Waals surface area contributed by atoms with E-state index >= 15 is 0 Å². The molecule has 0 N–H and O–H groups in total. The smallest absolute Gasteiger partial charge is 0.243 e. The maximum absolute atomic E-state index is 13.2. The van der Waals surface area contributed by atoms with Crippen molar-refractivity contribution in [1.29, 1.82) is 0 Å². The van der Waals surface area contributed by atoms with Crippen LogP contribution in [0, 0.1) is 6.92 Å². The van der Waals surface area contributed by atoms with Crippen LogP contribution < -0.4 is 0 Å². The van der Waals surface area contributed by atoms with Crippen molar-refractivity contribution < 1.29 is 16.8 Å². The van der Waals surface area contributed by atoms with E-state index < -0.39 is 20.0 Å². The number of benzene rings is 2. The SMILES string of the molecule is Cc1ccccc1CN1CCCN(S(=O)(=O)c2ccc(S(=O)(=O)N3CCCC3)cc2)CC1. The highest BCUT2D eigenvalue weighted by Gasteiger charge is 2.30. The number of hydrogen-bond acceptors (Lipinski definition) is 5. The topological polar surface area (TPSA) is 78.0 Å². The predicted octanol–water partition coefficient (Wildman–Crippen LogP) is 2.68. The summed E-state index contributed by atoms with van der Waals surface area (Å²) in [5.41, 5.74) is 2.50. The van der Waals surface area contributed by atoms with Gasteiger partial charge in [-0.15, -0.1) is 0 Å². The van der Waals surface area contributed by atoms with Gasteiger partial charge in [0.15, 0.2) is 0 Å². The Morgan fingerprint density at radius 2 is 1.19 bits per heavy atom. The van der Waals surface area contributed by atoms with Crippen molar-refractivity contribution in [3.63, 3.8) is 0 Å². The van der Waals surface area contributed by atoms with Crippen molar-refractivity contribution in [3.05, 3.63) is 59.7 Å². The second kappa shape index (κ2) is 9.61. The van der Waals surface area contributed by atoms with Gasteiger partial charge in [-0.2, -0.15) is 8.61 Å². The first-order valence-electron chi connectivity index (χ1n) is 11.2. The Hall–Kier alpha value is -1.78. The Kier molecular flexibility index (Phi) is 7.02. The molecule has 0 spiro atoms. The van der Waals surface area contributed by atoms with E-state index in [-0.39, 0.29) is 9.79 Å². The van der Waals surface area contributed by atoms with Gasteiger partial charge in [-0.05, 0) is 68.1 Å². The number of nitrogens with zero attached hydrogens (tertiary/aromatic N) is 3. The van der Waals surface area contributed by atoms with Crippen LogP contribution in [0.25, 0.3) is 0 Å². The first-order chi connectivity index (χ1) is 15.3. The van der Waals surface area contributed by atoms with Crippen LogP contribution in [-0.2, 0) is 26.6 Å². The molecule has 0 amide bonds. The monoisotopic (exact) mass is 477 g/mol. The van der Waals surface area contributed by atoms with E-state index in [0.717, 1.165) is 32.4 Å². The average Bonchev–Trinajstić information content (AvgIpc) is 3.23. The van der Waals surface area contributed by atoms with Gasteiger partial charge in [-0.3, -0.25) is 4.90 Å². The summed E-state index contributed by atoms with van der Waals surface area (Å²) in [6.07, 6.45) is 2.48. The molecule has 0 radical (unpaired) electrons. The van der Waals surface area contributed by atoms with Gasteiger partial charge in [0.25, 0.3) is 0 Å². The second-order valence-electron chi connectivity index (χ2n) is 8.54. The third-order valence-electron chi connectivity index (χ3n) is 6.37. The zero-order valence-corrected chi connectivity index (χ0v) is 20.1. The van der Waals surface area contributed by atoms with E-state index in [9.17, 15) is 16.8 Å². The van der Waals surface area contributed by atoms with E-state index in [1.165, 1.54) is 44.0 Å². The molecule has 0 bridgehead atoms. The van der Waals surface area contributed by atoms with Gasteiger partial charge in [0.2, 0.25) is 20.0 Å². The highest BCUT2D eigenvalue weighted by Crippen LogP contribution is 2.24. The third kappa shape index (κ3) is 4.92. The Bertz CT molecular complexity index is 1140. The van der Waals surface area contributed by atoms with Gasteiger partial charge in [-0.1, -0.05) is 24.3 Å². The van der Waals surface area contributed by atoms with Crippen molar-refractivity contribution in [3.8, 4) is 0 Å². The fourth-order valence-electron chi connectivity index (χ4n) is 4.38. The lowest BCUT2D eigenvalue weighted by molar-refractivity contribution is 0.278. The lowest BCUT2D eigenvalue weighted by Crippen LogP contribution is -2.35. The van der Waals surface area contributed by atoms with Crippen molar-refractivity contribution in [2.45, 2.75) is 42.5 Å². The predicted molar refractivity (Wildman–Crippen MR) is 124 cm³/mol. The molecule has 0 aromatic heterocycles. The van der Waals surface area contributed by atoms with E-state index in [4.69, 9.17) is 0 Å². The van der Waals surface area contributed by atoms with E-state index in [1.54, 1.807) is 0 Å². The van der Waals surface area contributed by atoms with Crippen LogP contribution in [0.4, 0.5) is 0 Å². The van der Waals surface area contributed by atoms with Gasteiger partial charge < -0.3 is 0 Å². The second-order valence-corrected chi connectivity index (χ2v) is 12.4. The van der Waals surface area contributed by atoms with Gasteiger partial charge >= 0.3 is 0 Å². The molecule has 9 heteroatoms. The zero-order valence-electron chi connectivity index (χ0n) is 18.5. The Balaban J connectivity index is 1.44. The largest absolute Gasteiger partial charge is 0.298 e. The highest BCUT2D eigenvalue weighted by atomic mass is 32.2. The molecule has 0 atom stereocenters. The molecule has 2 aliphatic rings. The average molecular weight is 478 g/mol. The summed E-state index contributed by atoms with van der Waals surface area (Å²) in [5.74, 6) is 0. The standard InChI is InChI=1S/C23H31N3O4S2/c1-20-7-2-3-8-21(20)19-24-13-6-16-26(18-17-24)32(29,30)23-11-9-22(10-12-23)31(27,28)25-14-4-5-15-25/h2-3,7-12H,4-6,13-19H2,1H3. The minimum absolute atomic E-state index is 0.144. The summed E-state index contributed by atoms with van der Waals surface area (Å²) in [6, 6.07) is 14.0. The molecule has 0 unspecified atom stereocenters. The van der Waals surface area contributed by atoms with Crippen molar-refractivity contribution in [1.82, 2.24) is 13.5 Å². The fourth-order valence-corrected chi connectivity index (χ4v) is 7.37. The van der Waals surface area contributed by atoms with Crippen LogP contribution in [0.15, 0.2) is 58.3 Å². The van der Waals surface area contributed by atoms with E-state index in [0.29, 0.717) is 32.7 Å². The Morgan fingerprint density at radius 1 is 0.656 bits per heavy atom. The third-order valence-corrected chi connectivity index (χ3v) is 10.2. The first kappa shape index (κ1) is 23.4. The number of rotatable bonds is 6. The van der Waals surface area contributed by atoms with Gasteiger partial charge in [0.1, 0.15) is 0 Å². The summed E-state index contributed by atoms with van der Waals surface area (Å²) >= 11 is 0. The molecule has 7 nitrogen and oxygen atoms in total. The molecule has 2 aliphatic heterocycles. The quantitative estimate of drug-likeness (QED) is 0.639. The molecular formula is C23H31N3O4S2. The number of hydrogen-bond donors (Lipinski definition) is 0. The molecule has 32 heavy (non-hydrogen) atoms. The first-order valence-corrected chi connectivity index (χ1v) is 14.0.